The Labute approximate surface area is 55.3 Å². The number of carbonyl (C=O) groups excluding carboxylic acids is 1. The van der Waals surface area contributed by atoms with Crippen molar-refractivity contribution >= 4 is 12.1 Å². The zero-order valence-electron chi connectivity index (χ0n) is 6.01. The SMILES string of the molecule is C/C=C(/C)C=NC(C)=O. The van der Waals surface area contributed by atoms with Crippen LogP contribution in [-0.2, 0) is 4.79 Å². The Bertz CT molecular complexity index is 156. The van der Waals surface area contributed by atoms with E-state index in [2.05, 4.69) is 4.99 Å². The number of amides is 1. The minimum Gasteiger partial charge on any atom is -0.273 e. The first-order valence-corrected chi connectivity index (χ1v) is 2.84. The largest absolute Gasteiger partial charge is 0.273 e. The third-order valence-corrected chi connectivity index (χ3v) is 0.905. The molecule has 0 saturated heterocycles. The van der Waals surface area contributed by atoms with E-state index in [1.54, 1.807) is 6.21 Å². The number of hydrogen-bond acceptors (Lipinski definition) is 1. The lowest BCUT2D eigenvalue weighted by Gasteiger charge is -1.83. The topological polar surface area (TPSA) is 29.4 Å². The Balaban J connectivity index is 3.86. The second kappa shape index (κ2) is 4.01. The third kappa shape index (κ3) is 4.94. The van der Waals surface area contributed by atoms with E-state index in [0.29, 0.717) is 0 Å². The van der Waals surface area contributed by atoms with Gasteiger partial charge in [-0.15, -0.1) is 0 Å². The van der Waals surface area contributed by atoms with E-state index >= 15 is 0 Å². The van der Waals surface area contributed by atoms with Crippen LogP contribution in [0.15, 0.2) is 16.6 Å². The van der Waals surface area contributed by atoms with Gasteiger partial charge in [0.05, 0.1) is 0 Å². The van der Waals surface area contributed by atoms with E-state index in [1.807, 2.05) is 19.9 Å². The van der Waals surface area contributed by atoms with Crippen LogP contribution in [0, 0.1) is 0 Å². The van der Waals surface area contributed by atoms with Gasteiger partial charge in [-0.1, -0.05) is 6.08 Å². The lowest BCUT2D eigenvalue weighted by molar-refractivity contribution is -0.115. The second-order valence-corrected chi connectivity index (χ2v) is 1.81. The Hall–Kier alpha value is -0.920. The van der Waals surface area contributed by atoms with Crippen molar-refractivity contribution in [1.29, 1.82) is 0 Å². The van der Waals surface area contributed by atoms with E-state index in [0.717, 1.165) is 5.57 Å². The summed E-state index contributed by atoms with van der Waals surface area (Å²) in [5.74, 6) is -0.156. The monoisotopic (exact) mass is 125 g/mol. The maximum Gasteiger partial charge on any atom is 0.242 e. The molecule has 0 rings (SSSR count). The van der Waals surface area contributed by atoms with Crippen LogP contribution in [0.3, 0.4) is 0 Å². The molecule has 0 atom stereocenters. The highest BCUT2D eigenvalue weighted by molar-refractivity contribution is 5.89. The lowest BCUT2D eigenvalue weighted by Crippen LogP contribution is -1.84. The molecule has 0 N–H and O–H groups in total. The second-order valence-electron chi connectivity index (χ2n) is 1.81. The predicted octanol–water partition coefficient (Wildman–Crippen LogP) is 1.57. The minimum absolute atomic E-state index is 0.156. The zero-order chi connectivity index (χ0) is 7.28. The molecule has 2 nitrogen and oxygen atoms in total. The van der Waals surface area contributed by atoms with Gasteiger partial charge in [0, 0.05) is 13.1 Å². The fourth-order valence-electron chi connectivity index (χ4n) is 0.267. The highest BCUT2D eigenvalue weighted by Crippen LogP contribution is 1.85. The molecule has 9 heavy (non-hydrogen) atoms. The predicted molar refractivity (Wildman–Crippen MR) is 38.6 cm³/mol. The van der Waals surface area contributed by atoms with Crippen LogP contribution in [0.5, 0.6) is 0 Å². The highest BCUT2D eigenvalue weighted by Gasteiger charge is 1.81. The number of allylic oxidation sites excluding steroid dienone is 2. The van der Waals surface area contributed by atoms with Crippen molar-refractivity contribution < 1.29 is 4.79 Å². The number of aliphatic imine (C=N–C) groups is 1. The van der Waals surface area contributed by atoms with Gasteiger partial charge in [0.1, 0.15) is 0 Å². The van der Waals surface area contributed by atoms with E-state index < -0.39 is 0 Å². The van der Waals surface area contributed by atoms with Crippen molar-refractivity contribution in [2.24, 2.45) is 4.99 Å². The molecule has 0 unspecified atom stereocenters. The smallest absolute Gasteiger partial charge is 0.242 e. The van der Waals surface area contributed by atoms with E-state index in [1.165, 1.54) is 6.92 Å². The summed E-state index contributed by atoms with van der Waals surface area (Å²) < 4.78 is 0. The average Bonchev–Trinajstić information content (AvgIpc) is 1.83. The maximum atomic E-state index is 10.2. The summed E-state index contributed by atoms with van der Waals surface area (Å²) in [4.78, 5) is 13.8. The molecule has 0 radical (unpaired) electrons. The number of rotatable bonds is 1. The third-order valence-electron chi connectivity index (χ3n) is 0.905. The molecule has 2 heteroatoms. The van der Waals surface area contributed by atoms with Crippen LogP contribution in [0.4, 0.5) is 0 Å². The molecule has 0 aliphatic heterocycles. The van der Waals surface area contributed by atoms with Crippen molar-refractivity contribution in [2.75, 3.05) is 0 Å². The van der Waals surface area contributed by atoms with Crippen LogP contribution in [0.1, 0.15) is 20.8 Å². The molecule has 0 spiro atoms. The highest BCUT2D eigenvalue weighted by atomic mass is 16.1. The van der Waals surface area contributed by atoms with Crippen molar-refractivity contribution in [1.82, 2.24) is 0 Å². The number of hydrogen-bond donors (Lipinski definition) is 0. The summed E-state index contributed by atoms with van der Waals surface area (Å²) in [5, 5.41) is 0. The summed E-state index contributed by atoms with van der Waals surface area (Å²) in [7, 11) is 0. The molecule has 0 heterocycles. The van der Waals surface area contributed by atoms with Gasteiger partial charge in [0.2, 0.25) is 5.91 Å². The van der Waals surface area contributed by atoms with E-state index in [9.17, 15) is 4.79 Å². The lowest BCUT2D eigenvalue weighted by atomic mass is 10.3. The Morgan fingerprint density at radius 3 is 2.33 bits per heavy atom. The molecule has 0 aromatic rings. The molecule has 50 valence electrons. The van der Waals surface area contributed by atoms with Crippen molar-refractivity contribution in [3.8, 4) is 0 Å². The van der Waals surface area contributed by atoms with Crippen LogP contribution in [0.2, 0.25) is 0 Å². The van der Waals surface area contributed by atoms with Crippen LogP contribution < -0.4 is 0 Å². The molecular weight excluding hydrogens is 114 g/mol. The van der Waals surface area contributed by atoms with E-state index in [4.69, 9.17) is 0 Å². The van der Waals surface area contributed by atoms with Crippen molar-refractivity contribution in [3.05, 3.63) is 11.6 Å². The Morgan fingerprint density at radius 2 is 2.00 bits per heavy atom. The van der Waals surface area contributed by atoms with Crippen molar-refractivity contribution in [3.63, 3.8) is 0 Å². The fourth-order valence-corrected chi connectivity index (χ4v) is 0.267. The number of nitrogens with zero attached hydrogens (tertiary/aromatic N) is 1. The van der Waals surface area contributed by atoms with Gasteiger partial charge in [-0.3, -0.25) is 4.79 Å². The molecule has 0 fully saturated rings. The zero-order valence-corrected chi connectivity index (χ0v) is 6.01. The first-order chi connectivity index (χ1) is 4.16. The first-order valence-electron chi connectivity index (χ1n) is 2.84. The number of carbonyl (C=O) groups is 1. The summed E-state index contributed by atoms with van der Waals surface area (Å²) in [6, 6.07) is 0. The summed E-state index contributed by atoms with van der Waals surface area (Å²) >= 11 is 0. The molecule has 0 aliphatic rings. The van der Waals surface area contributed by atoms with Gasteiger partial charge >= 0.3 is 0 Å². The van der Waals surface area contributed by atoms with Gasteiger partial charge in [0.15, 0.2) is 0 Å². The standard InChI is InChI=1S/C7H11NO/c1-4-6(2)5-8-7(3)9/h4-5H,1-3H3/b6-4-,8-5?. The molecule has 0 saturated carbocycles. The van der Waals surface area contributed by atoms with Gasteiger partial charge in [-0.2, -0.15) is 0 Å². The van der Waals surface area contributed by atoms with E-state index in [-0.39, 0.29) is 5.91 Å². The molecular formula is C7H11NO. The Kier molecular flexibility index (Phi) is 3.60. The van der Waals surface area contributed by atoms with Crippen LogP contribution in [-0.4, -0.2) is 12.1 Å². The minimum atomic E-state index is -0.156. The fraction of sp³-hybridized carbons (Fsp3) is 0.429. The molecule has 1 amide bonds. The molecule has 0 bridgehead atoms. The Morgan fingerprint density at radius 1 is 1.44 bits per heavy atom. The maximum absolute atomic E-state index is 10.2. The van der Waals surface area contributed by atoms with Gasteiger partial charge in [-0.25, -0.2) is 4.99 Å². The summed E-state index contributed by atoms with van der Waals surface area (Å²) in [6.45, 7) is 5.23. The molecule has 0 aliphatic carbocycles. The first kappa shape index (κ1) is 8.08. The van der Waals surface area contributed by atoms with Crippen molar-refractivity contribution in [2.45, 2.75) is 20.8 Å². The van der Waals surface area contributed by atoms with Gasteiger partial charge in [0.25, 0.3) is 0 Å². The molecule has 0 aromatic carbocycles. The summed E-state index contributed by atoms with van der Waals surface area (Å²) in [6.07, 6.45) is 3.45. The quantitative estimate of drug-likeness (QED) is 0.489. The van der Waals surface area contributed by atoms with Gasteiger partial charge in [-0.05, 0) is 19.4 Å². The average molecular weight is 125 g/mol. The van der Waals surface area contributed by atoms with Crippen LogP contribution >= 0.6 is 0 Å². The summed E-state index contributed by atoms with van der Waals surface area (Å²) in [5.41, 5.74) is 1.00. The van der Waals surface area contributed by atoms with Gasteiger partial charge < -0.3 is 0 Å². The normalized spacial score (nSPS) is 12.6. The van der Waals surface area contributed by atoms with Crippen LogP contribution in [0.25, 0.3) is 0 Å². The molecule has 0 aromatic heterocycles.